The molecule has 0 atom stereocenters. The predicted molar refractivity (Wildman–Crippen MR) is 133 cm³/mol. The Labute approximate surface area is 206 Å². The molecule has 4 aromatic rings. The van der Waals surface area contributed by atoms with Gasteiger partial charge < -0.3 is 24.8 Å². The van der Waals surface area contributed by atoms with Gasteiger partial charge in [-0.1, -0.05) is 18.2 Å². The molecule has 1 heterocycles. The first-order chi connectivity index (χ1) is 17.3. The number of ether oxygens (including phenoxy) is 2. The quantitative estimate of drug-likeness (QED) is 0.345. The van der Waals surface area contributed by atoms with Gasteiger partial charge in [-0.25, -0.2) is 0 Å². The molecule has 0 unspecified atom stereocenters. The molecule has 2 amide bonds. The van der Waals surface area contributed by atoms with E-state index in [0.29, 0.717) is 28.3 Å². The summed E-state index contributed by atoms with van der Waals surface area (Å²) in [4.78, 5) is 28.3. The molecular weight excluding hydrogens is 462 g/mol. The Bertz CT molecular complexity index is 1530. The van der Waals surface area contributed by atoms with Crippen molar-refractivity contribution in [2.75, 3.05) is 20.8 Å². The van der Waals surface area contributed by atoms with Crippen LogP contribution in [0.3, 0.4) is 0 Å². The van der Waals surface area contributed by atoms with Gasteiger partial charge in [0.05, 0.1) is 25.3 Å². The number of carbonyl (C=O) groups is 2. The topological polar surface area (TPSA) is 117 Å². The van der Waals surface area contributed by atoms with Crippen LogP contribution in [0.25, 0.3) is 21.9 Å². The first-order valence-electron chi connectivity index (χ1n) is 11.2. The van der Waals surface area contributed by atoms with E-state index in [2.05, 4.69) is 0 Å². The van der Waals surface area contributed by atoms with Crippen molar-refractivity contribution in [1.29, 1.82) is 0 Å². The summed E-state index contributed by atoms with van der Waals surface area (Å²) in [6, 6.07) is 16.0. The summed E-state index contributed by atoms with van der Waals surface area (Å²) in [7, 11) is 2.85. The monoisotopic (exact) mass is 485 g/mol. The number of benzene rings is 4. The summed E-state index contributed by atoms with van der Waals surface area (Å²) in [6.45, 7) is 0.153. The van der Waals surface area contributed by atoms with Crippen LogP contribution in [0, 0.1) is 0 Å². The molecule has 36 heavy (non-hydrogen) atoms. The molecule has 182 valence electrons. The number of rotatable bonds is 6. The first-order valence-corrected chi connectivity index (χ1v) is 11.2. The van der Waals surface area contributed by atoms with Gasteiger partial charge in [0.15, 0.2) is 23.0 Å². The maximum absolute atomic E-state index is 13.6. The van der Waals surface area contributed by atoms with Gasteiger partial charge >= 0.3 is 0 Å². The van der Waals surface area contributed by atoms with Gasteiger partial charge in [-0.2, -0.15) is 0 Å². The highest BCUT2D eigenvalue weighted by molar-refractivity contribution is 6.27. The highest BCUT2D eigenvalue weighted by atomic mass is 16.5. The third-order valence-electron chi connectivity index (χ3n) is 6.40. The van der Waals surface area contributed by atoms with E-state index in [1.807, 2.05) is 0 Å². The summed E-state index contributed by atoms with van der Waals surface area (Å²) >= 11 is 0. The highest BCUT2D eigenvalue weighted by Crippen LogP contribution is 2.44. The second kappa shape index (κ2) is 8.81. The van der Waals surface area contributed by atoms with E-state index >= 15 is 0 Å². The molecule has 3 N–H and O–H groups in total. The standard InChI is InChI=1S/C28H23NO7/c1-35-23-12-16(5-8-21(23)31)25-19-14-22(32)24(36-2)13-17(19)11-20-26(25)28(34)29(27(20)33)10-9-15-3-6-18(30)7-4-15/h3-8,11-14,30-32H,9-10H2,1-2H3. The van der Waals surface area contributed by atoms with Crippen LogP contribution in [0.2, 0.25) is 0 Å². The van der Waals surface area contributed by atoms with Crippen molar-refractivity contribution in [3.8, 4) is 39.9 Å². The number of methoxy groups -OCH3 is 2. The smallest absolute Gasteiger partial charge is 0.262 e. The zero-order chi connectivity index (χ0) is 25.6. The second-order valence-corrected chi connectivity index (χ2v) is 8.48. The predicted octanol–water partition coefficient (Wildman–Crippen LogP) is 4.48. The highest BCUT2D eigenvalue weighted by Gasteiger charge is 2.38. The Morgan fingerprint density at radius 3 is 2.14 bits per heavy atom. The van der Waals surface area contributed by atoms with Gasteiger partial charge in [-0.3, -0.25) is 14.5 Å². The van der Waals surface area contributed by atoms with E-state index in [9.17, 15) is 24.9 Å². The van der Waals surface area contributed by atoms with E-state index in [1.165, 1.54) is 31.3 Å². The number of phenols is 3. The third kappa shape index (κ3) is 3.73. The number of carbonyl (C=O) groups excluding carboxylic acids is 2. The largest absolute Gasteiger partial charge is 0.508 e. The summed E-state index contributed by atoms with van der Waals surface area (Å²) in [5.41, 5.74) is 2.32. The van der Waals surface area contributed by atoms with Crippen LogP contribution in [0.1, 0.15) is 26.3 Å². The minimum atomic E-state index is -0.451. The van der Waals surface area contributed by atoms with Crippen molar-refractivity contribution in [3.05, 3.63) is 77.4 Å². The molecule has 8 heteroatoms. The molecule has 0 bridgehead atoms. The van der Waals surface area contributed by atoms with Gasteiger partial charge in [0.25, 0.3) is 11.8 Å². The second-order valence-electron chi connectivity index (χ2n) is 8.48. The number of amides is 2. The summed E-state index contributed by atoms with van der Waals surface area (Å²) in [5, 5.41) is 31.3. The van der Waals surface area contributed by atoms with Crippen LogP contribution in [-0.2, 0) is 6.42 Å². The average Bonchev–Trinajstić information content (AvgIpc) is 3.11. The zero-order valence-corrected chi connectivity index (χ0v) is 19.6. The fourth-order valence-corrected chi connectivity index (χ4v) is 4.58. The van der Waals surface area contributed by atoms with Crippen molar-refractivity contribution in [3.63, 3.8) is 0 Å². The molecule has 0 fully saturated rings. The third-order valence-corrected chi connectivity index (χ3v) is 6.40. The molecule has 0 spiro atoms. The lowest BCUT2D eigenvalue weighted by atomic mass is 9.90. The number of nitrogens with zero attached hydrogens (tertiary/aromatic N) is 1. The van der Waals surface area contributed by atoms with E-state index < -0.39 is 11.8 Å². The summed E-state index contributed by atoms with van der Waals surface area (Å²) < 4.78 is 10.5. The molecule has 0 saturated carbocycles. The normalized spacial score (nSPS) is 12.8. The number of imide groups is 1. The fraction of sp³-hybridized carbons (Fsp3) is 0.143. The van der Waals surface area contributed by atoms with Crippen molar-refractivity contribution in [2.45, 2.75) is 6.42 Å². The van der Waals surface area contributed by atoms with Crippen molar-refractivity contribution in [1.82, 2.24) is 4.90 Å². The van der Waals surface area contributed by atoms with E-state index in [-0.39, 0.29) is 46.4 Å². The van der Waals surface area contributed by atoms with Crippen molar-refractivity contribution >= 4 is 22.6 Å². The maximum atomic E-state index is 13.6. The average molecular weight is 485 g/mol. The molecule has 0 radical (unpaired) electrons. The molecule has 4 aromatic carbocycles. The number of hydrogen-bond donors (Lipinski definition) is 3. The van der Waals surface area contributed by atoms with Crippen LogP contribution in [0.4, 0.5) is 0 Å². The van der Waals surface area contributed by atoms with Crippen LogP contribution < -0.4 is 9.47 Å². The Balaban J connectivity index is 1.67. The molecule has 1 aliphatic heterocycles. The molecule has 1 aliphatic rings. The molecule has 5 rings (SSSR count). The number of phenolic OH excluding ortho intramolecular Hbond substituents is 3. The number of hydrogen-bond acceptors (Lipinski definition) is 7. The van der Waals surface area contributed by atoms with Crippen molar-refractivity contribution < 1.29 is 34.4 Å². The fourth-order valence-electron chi connectivity index (χ4n) is 4.58. The van der Waals surface area contributed by atoms with Crippen molar-refractivity contribution in [2.24, 2.45) is 0 Å². The molecule has 0 aromatic heterocycles. The van der Waals surface area contributed by atoms with E-state index in [1.54, 1.807) is 48.5 Å². The van der Waals surface area contributed by atoms with Gasteiger partial charge in [-0.05, 0) is 70.8 Å². The minimum Gasteiger partial charge on any atom is -0.508 e. The lowest BCUT2D eigenvalue weighted by Gasteiger charge is -2.15. The van der Waals surface area contributed by atoms with Gasteiger partial charge in [0.1, 0.15) is 5.75 Å². The Morgan fingerprint density at radius 2 is 1.44 bits per heavy atom. The Kier molecular flexibility index (Phi) is 5.64. The van der Waals surface area contributed by atoms with Gasteiger partial charge in [-0.15, -0.1) is 0 Å². The van der Waals surface area contributed by atoms with Crippen LogP contribution in [0.15, 0.2) is 60.7 Å². The zero-order valence-electron chi connectivity index (χ0n) is 19.6. The maximum Gasteiger partial charge on any atom is 0.262 e. The molecule has 0 saturated heterocycles. The van der Waals surface area contributed by atoms with Gasteiger partial charge in [0.2, 0.25) is 0 Å². The SMILES string of the molecule is COc1cc(-c2c3c(cc4cc(OC)c(O)cc24)C(=O)N(CCc2ccc(O)cc2)C3=O)ccc1O. The van der Waals surface area contributed by atoms with Crippen LogP contribution >= 0.6 is 0 Å². The summed E-state index contributed by atoms with van der Waals surface area (Å²) in [6.07, 6.45) is 0.419. The van der Waals surface area contributed by atoms with Gasteiger partial charge in [0, 0.05) is 12.1 Å². The molecule has 8 nitrogen and oxygen atoms in total. The van der Waals surface area contributed by atoms with Crippen LogP contribution in [0.5, 0.6) is 28.7 Å². The number of fused-ring (bicyclic) bond motifs is 2. The molecule has 0 aliphatic carbocycles. The first kappa shape index (κ1) is 23.0. The lowest BCUT2D eigenvalue weighted by Crippen LogP contribution is -2.31. The van der Waals surface area contributed by atoms with E-state index in [4.69, 9.17) is 9.47 Å². The van der Waals surface area contributed by atoms with Crippen LogP contribution in [-0.4, -0.2) is 52.8 Å². The minimum absolute atomic E-state index is 0.0689. The number of aromatic hydroxyl groups is 3. The summed E-state index contributed by atoms with van der Waals surface area (Å²) in [5.74, 6) is -0.477. The van der Waals surface area contributed by atoms with E-state index in [0.717, 1.165) is 5.56 Å². The Hall–Kier alpha value is -4.72. The Morgan fingerprint density at radius 1 is 0.750 bits per heavy atom. The lowest BCUT2D eigenvalue weighted by molar-refractivity contribution is 0.0656. The molecular formula is C28H23NO7.